The third-order valence-corrected chi connectivity index (χ3v) is 5.01. The first-order valence-corrected chi connectivity index (χ1v) is 10.2. The minimum Gasteiger partial charge on any atom is -0.492 e. The van der Waals surface area contributed by atoms with E-state index in [-0.39, 0.29) is 11.7 Å². The predicted molar refractivity (Wildman–Crippen MR) is 109 cm³/mol. The Morgan fingerprint density at radius 2 is 1.86 bits per heavy atom. The topological polar surface area (TPSA) is 73.1 Å². The van der Waals surface area contributed by atoms with Gasteiger partial charge in [0.2, 0.25) is 11.1 Å². The van der Waals surface area contributed by atoms with E-state index in [0.717, 1.165) is 11.3 Å². The van der Waals surface area contributed by atoms with Gasteiger partial charge >= 0.3 is 0 Å². The molecule has 146 valence electrons. The van der Waals surface area contributed by atoms with Crippen LogP contribution in [0.4, 0.5) is 0 Å². The van der Waals surface area contributed by atoms with E-state index < -0.39 is 0 Å². The Morgan fingerprint density at radius 1 is 1.11 bits per heavy atom. The molecule has 0 N–H and O–H groups in total. The van der Waals surface area contributed by atoms with E-state index in [1.165, 1.54) is 11.8 Å². The lowest BCUT2D eigenvalue weighted by molar-refractivity contribution is -0.128. The minimum atomic E-state index is 0.0454. The van der Waals surface area contributed by atoms with Crippen LogP contribution in [-0.4, -0.2) is 49.9 Å². The van der Waals surface area contributed by atoms with Gasteiger partial charge in [-0.15, -0.1) is 5.10 Å². The molecule has 28 heavy (non-hydrogen) atoms. The molecule has 0 unspecified atom stereocenters. The molecule has 1 amide bonds. The number of thioether (sulfide) groups is 1. The monoisotopic (exact) mass is 397 g/mol. The summed E-state index contributed by atoms with van der Waals surface area (Å²) in [6.45, 7) is 5.69. The Bertz CT molecular complexity index is 900. The molecule has 3 aromatic rings. The van der Waals surface area contributed by atoms with Crippen molar-refractivity contribution in [3.05, 3.63) is 60.2 Å². The van der Waals surface area contributed by atoms with Crippen LogP contribution in [0.5, 0.6) is 5.75 Å². The molecule has 7 nitrogen and oxygen atoms in total. The molecule has 0 fully saturated rings. The predicted octanol–water partition coefficient (Wildman–Crippen LogP) is 3.20. The van der Waals surface area contributed by atoms with Gasteiger partial charge in [0.1, 0.15) is 11.4 Å². The number of carbonyl (C=O) groups excluding carboxylic acids is 1. The first kappa shape index (κ1) is 19.9. The fourth-order valence-electron chi connectivity index (χ4n) is 2.73. The van der Waals surface area contributed by atoms with E-state index in [2.05, 4.69) is 15.5 Å². The maximum atomic E-state index is 12.7. The van der Waals surface area contributed by atoms with E-state index in [1.54, 1.807) is 4.68 Å². The van der Waals surface area contributed by atoms with Crippen molar-refractivity contribution in [3.63, 3.8) is 0 Å². The van der Waals surface area contributed by atoms with Gasteiger partial charge in [-0.05, 0) is 42.0 Å². The highest BCUT2D eigenvalue weighted by molar-refractivity contribution is 7.99. The molecule has 3 rings (SSSR count). The third-order valence-electron chi connectivity index (χ3n) is 4.11. The van der Waals surface area contributed by atoms with Gasteiger partial charge in [-0.3, -0.25) is 4.79 Å². The normalized spacial score (nSPS) is 10.6. The van der Waals surface area contributed by atoms with Crippen molar-refractivity contribution in [3.8, 4) is 11.4 Å². The van der Waals surface area contributed by atoms with E-state index >= 15 is 0 Å². The maximum Gasteiger partial charge on any atom is 0.233 e. The number of nitrogens with zero attached hydrogens (tertiary/aromatic N) is 5. The van der Waals surface area contributed by atoms with E-state index in [4.69, 9.17) is 4.74 Å². The average molecular weight is 398 g/mol. The summed E-state index contributed by atoms with van der Waals surface area (Å²) < 4.78 is 7.27. The smallest absolute Gasteiger partial charge is 0.233 e. The zero-order valence-corrected chi connectivity index (χ0v) is 16.8. The van der Waals surface area contributed by atoms with Crippen LogP contribution in [0.25, 0.3) is 5.69 Å². The first-order chi connectivity index (χ1) is 13.7. The van der Waals surface area contributed by atoms with Gasteiger partial charge in [0, 0.05) is 13.1 Å². The van der Waals surface area contributed by atoms with Crippen LogP contribution in [0.15, 0.2) is 59.8 Å². The maximum absolute atomic E-state index is 12.7. The summed E-state index contributed by atoms with van der Waals surface area (Å²) in [7, 11) is 0. The van der Waals surface area contributed by atoms with E-state index in [1.807, 2.05) is 73.3 Å². The molecule has 1 heterocycles. The Hall–Kier alpha value is -2.87. The summed E-state index contributed by atoms with van der Waals surface area (Å²) in [5.74, 6) is 1.01. The van der Waals surface area contributed by atoms with E-state index in [9.17, 15) is 4.79 Å². The summed E-state index contributed by atoms with van der Waals surface area (Å²) in [5, 5.41) is 12.5. The Morgan fingerprint density at radius 3 is 2.61 bits per heavy atom. The minimum absolute atomic E-state index is 0.0454. The number of hydrogen-bond acceptors (Lipinski definition) is 6. The number of rotatable bonds is 9. The lowest BCUT2D eigenvalue weighted by atomic mass is 10.2. The molecule has 0 radical (unpaired) electrons. The van der Waals surface area contributed by atoms with Gasteiger partial charge in [-0.2, -0.15) is 4.68 Å². The molecule has 0 saturated heterocycles. The molecule has 0 spiro atoms. The first-order valence-electron chi connectivity index (χ1n) is 9.18. The molecule has 0 bridgehead atoms. The highest BCUT2D eigenvalue weighted by atomic mass is 32.2. The fourth-order valence-corrected chi connectivity index (χ4v) is 3.51. The highest BCUT2D eigenvalue weighted by Gasteiger charge is 2.17. The van der Waals surface area contributed by atoms with Crippen LogP contribution >= 0.6 is 11.8 Å². The van der Waals surface area contributed by atoms with Crippen molar-refractivity contribution < 1.29 is 9.53 Å². The average Bonchev–Trinajstić information content (AvgIpc) is 3.20. The molecular weight excluding hydrogens is 374 g/mol. The molecule has 0 atom stereocenters. The van der Waals surface area contributed by atoms with Crippen molar-refractivity contribution in [1.29, 1.82) is 0 Å². The summed E-state index contributed by atoms with van der Waals surface area (Å²) >= 11 is 1.32. The van der Waals surface area contributed by atoms with Crippen molar-refractivity contribution in [1.82, 2.24) is 25.1 Å². The zero-order chi connectivity index (χ0) is 19.8. The van der Waals surface area contributed by atoms with Crippen LogP contribution < -0.4 is 4.74 Å². The van der Waals surface area contributed by atoms with E-state index in [0.29, 0.717) is 30.6 Å². The molecule has 0 aliphatic carbocycles. The largest absolute Gasteiger partial charge is 0.492 e. The van der Waals surface area contributed by atoms with Crippen LogP contribution in [-0.2, 0) is 11.3 Å². The molecule has 0 aliphatic heterocycles. The summed E-state index contributed by atoms with van der Waals surface area (Å²) in [6.07, 6.45) is 0. The fraction of sp³-hybridized carbons (Fsp3) is 0.300. The van der Waals surface area contributed by atoms with Gasteiger partial charge in [0.25, 0.3) is 0 Å². The number of aromatic nitrogens is 4. The Labute approximate surface area is 168 Å². The summed E-state index contributed by atoms with van der Waals surface area (Å²) in [4.78, 5) is 14.5. The van der Waals surface area contributed by atoms with Gasteiger partial charge in [-0.1, -0.05) is 54.2 Å². The number of amides is 1. The quantitative estimate of drug-likeness (QED) is 0.516. The second kappa shape index (κ2) is 9.89. The molecule has 8 heteroatoms. The van der Waals surface area contributed by atoms with Crippen LogP contribution in [0.2, 0.25) is 0 Å². The molecule has 2 aromatic carbocycles. The number of hydrogen-bond donors (Lipinski definition) is 0. The summed E-state index contributed by atoms with van der Waals surface area (Å²) in [6, 6.07) is 17.5. The number of carbonyl (C=O) groups is 1. The Kier molecular flexibility index (Phi) is 7.02. The molecule has 0 aliphatic rings. The molecule has 0 saturated carbocycles. The number of benzene rings is 2. The van der Waals surface area contributed by atoms with Crippen LogP contribution in [0.1, 0.15) is 19.4 Å². The van der Waals surface area contributed by atoms with Gasteiger partial charge < -0.3 is 9.64 Å². The van der Waals surface area contributed by atoms with Gasteiger partial charge in [-0.25, -0.2) is 0 Å². The second-order valence-electron chi connectivity index (χ2n) is 5.96. The van der Waals surface area contributed by atoms with Gasteiger partial charge in [0.05, 0.1) is 12.4 Å². The molecule has 1 aromatic heterocycles. The number of para-hydroxylation sites is 2. The lowest BCUT2D eigenvalue weighted by Crippen LogP contribution is -2.31. The number of tetrazole rings is 1. The lowest BCUT2D eigenvalue weighted by Gasteiger charge is -2.20. The van der Waals surface area contributed by atoms with Crippen molar-refractivity contribution in [2.45, 2.75) is 25.5 Å². The number of ether oxygens (including phenoxy) is 1. The van der Waals surface area contributed by atoms with Crippen molar-refractivity contribution in [2.75, 3.05) is 18.9 Å². The van der Waals surface area contributed by atoms with Crippen LogP contribution in [0, 0.1) is 0 Å². The standard InChI is InChI=1S/C20H23N5O2S/c1-3-24(14-16-10-6-5-7-11-16)19(26)15-28-20-21-22-23-25(20)17-12-8-9-13-18(17)27-4-2/h5-13H,3-4,14-15H2,1-2H3. The second-order valence-corrected chi connectivity index (χ2v) is 6.90. The zero-order valence-electron chi connectivity index (χ0n) is 16.0. The van der Waals surface area contributed by atoms with Crippen LogP contribution in [0.3, 0.4) is 0 Å². The Balaban J connectivity index is 1.69. The summed E-state index contributed by atoms with van der Waals surface area (Å²) in [5.41, 5.74) is 1.86. The van der Waals surface area contributed by atoms with Crippen molar-refractivity contribution in [2.24, 2.45) is 0 Å². The SMILES string of the molecule is CCOc1ccccc1-n1nnnc1SCC(=O)N(CC)Cc1ccccc1. The van der Waals surface area contributed by atoms with Crippen molar-refractivity contribution >= 4 is 17.7 Å². The molecular formula is C20H23N5O2S. The van der Waals surface area contributed by atoms with Gasteiger partial charge in [0.15, 0.2) is 0 Å². The highest BCUT2D eigenvalue weighted by Crippen LogP contribution is 2.26. The third kappa shape index (κ3) is 4.89.